The van der Waals surface area contributed by atoms with Crippen LogP contribution >= 0.6 is 11.6 Å². The van der Waals surface area contributed by atoms with E-state index in [0.717, 1.165) is 0 Å². The van der Waals surface area contributed by atoms with Crippen LogP contribution in [0.3, 0.4) is 0 Å². The Morgan fingerprint density at radius 3 is 2.33 bits per heavy atom. The Morgan fingerprint density at radius 1 is 1.22 bits per heavy atom. The number of nitrogens with zero attached hydrogens (tertiary/aromatic N) is 2. The van der Waals surface area contributed by atoms with Crippen LogP contribution in [0.4, 0.5) is 0 Å². The lowest BCUT2D eigenvalue weighted by atomic mass is 10.1. The Bertz CT molecular complexity index is 759. The number of carbonyl (C=O) groups is 2. The van der Waals surface area contributed by atoms with Crippen molar-refractivity contribution in [2.75, 3.05) is 26.2 Å². The molecular formula is C18H26ClN3O4S. The Morgan fingerprint density at radius 2 is 1.81 bits per heavy atom. The fourth-order valence-electron chi connectivity index (χ4n) is 3.06. The van der Waals surface area contributed by atoms with Gasteiger partial charge in [-0.25, -0.2) is 8.42 Å². The molecule has 1 N–H and O–H groups in total. The van der Waals surface area contributed by atoms with Crippen molar-refractivity contribution in [2.45, 2.75) is 44.0 Å². The molecule has 0 spiro atoms. The van der Waals surface area contributed by atoms with Crippen LogP contribution in [-0.4, -0.2) is 61.7 Å². The summed E-state index contributed by atoms with van der Waals surface area (Å²) in [5.41, 5.74) is 0. The summed E-state index contributed by atoms with van der Waals surface area (Å²) in [6, 6.07) is 5.86. The van der Waals surface area contributed by atoms with E-state index >= 15 is 0 Å². The highest BCUT2D eigenvalue weighted by Crippen LogP contribution is 2.19. The first kappa shape index (κ1) is 21.7. The average Bonchev–Trinajstić information content (AvgIpc) is 2.62. The van der Waals surface area contributed by atoms with E-state index in [9.17, 15) is 18.0 Å². The molecule has 1 aromatic carbocycles. The van der Waals surface area contributed by atoms with Gasteiger partial charge in [-0.05, 0) is 43.5 Å². The first-order valence-corrected chi connectivity index (χ1v) is 10.9. The molecule has 0 saturated carbocycles. The van der Waals surface area contributed by atoms with E-state index in [1.165, 1.54) is 35.5 Å². The van der Waals surface area contributed by atoms with Gasteiger partial charge >= 0.3 is 0 Å². The highest BCUT2D eigenvalue weighted by Gasteiger charge is 2.28. The topological polar surface area (TPSA) is 86.8 Å². The molecule has 0 radical (unpaired) electrons. The molecule has 1 heterocycles. The summed E-state index contributed by atoms with van der Waals surface area (Å²) in [6.07, 6.45) is 1.93. The first-order chi connectivity index (χ1) is 12.7. The Kier molecular flexibility index (Phi) is 7.64. The maximum Gasteiger partial charge on any atom is 0.243 e. The van der Waals surface area contributed by atoms with Crippen LogP contribution in [0.15, 0.2) is 29.2 Å². The number of hydrogen-bond donors (Lipinski definition) is 1. The number of likely N-dealkylation sites (tertiary alicyclic amines) is 1. The van der Waals surface area contributed by atoms with Crippen LogP contribution in [-0.2, 0) is 19.6 Å². The van der Waals surface area contributed by atoms with E-state index in [-0.39, 0.29) is 35.8 Å². The van der Waals surface area contributed by atoms with Gasteiger partial charge in [0.25, 0.3) is 0 Å². The minimum absolute atomic E-state index is 0.0305. The lowest BCUT2D eigenvalue weighted by Crippen LogP contribution is -2.49. The van der Waals surface area contributed by atoms with Gasteiger partial charge < -0.3 is 10.2 Å². The lowest BCUT2D eigenvalue weighted by Gasteiger charge is -2.32. The number of amides is 2. The molecule has 1 saturated heterocycles. The maximum atomic E-state index is 12.8. The van der Waals surface area contributed by atoms with Crippen LogP contribution in [0, 0.1) is 0 Å². The third kappa shape index (κ3) is 5.92. The number of halogens is 1. The van der Waals surface area contributed by atoms with Gasteiger partial charge in [0, 0.05) is 37.6 Å². The second kappa shape index (κ2) is 9.52. The van der Waals surface area contributed by atoms with Crippen LogP contribution in [0.5, 0.6) is 0 Å². The van der Waals surface area contributed by atoms with E-state index in [1.54, 1.807) is 4.90 Å². The minimum atomic E-state index is -3.77. The fraction of sp³-hybridized carbons (Fsp3) is 0.556. The Hall–Kier alpha value is -1.64. The van der Waals surface area contributed by atoms with Crippen LogP contribution in [0.1, 0.15) is 33.1 Å². The second-order valence-electron chi connectivity index (χ2n) is 6.64. The van der Waals surface area contributed by atoms with E-state index < -0.39 is 10.0 Å². The zero-order valence-electron chi connectivity index (χ0n) is 15.7. The van der Waals surface area contributed by atoms with E-state index in [2.05, 4.69) is 5.32 Å². The molecule has 9 heteroatoms. The largest absolute Gasteiger partial charge is 0.352 e. The van der Waals surface area contributed by atoms with Gasteiger partial charge in [0.1, 0.15) is 0 Å². The van der Waals surface area contributed by atoms with Crippen molar-refractivity contribution in [1.29, 1.82) is 0 Å². The molecule has 0 aliphatic carbocycles. The highest BCUT2D eigenvalue weighted by atomic mass is 35.5. The van der Waals surface area contributed by atoms with Crippen molar-refractivity contribution in [3.63, 3.8) is 0 Å². The molecule has 7 nitrogen and oxygen atoms in total. The Balaban J connectivity index is 2.00. The third-order valence-electron chi connectivity index (χ3n) is 4.55. The number of nitrogens with one attached hydrogen (secondary N) is 1. The maximum absolute atomic E-state index is 12.8. The molecule has 27 heavy (non-hydrogen) atoms. The Labute approximate surface area is 165 Å². The molecule has 1 aliphatic rings. The van der Waals surface area contributed by atoms with Gasteiger partial charge in [-0.15, -0.1) is 0 Å². The zero-order chi connectivity index (χ0) is 20.0. The number of carbonyl (C=O) groups excluding carboxylic acids is 2. The van der Waals surface area contributed by atoms with E-state index in [1.807, 2.05) is 6.92 Å². The number of hydrogen-bond acceptors (Lipinski definition) is 4. The predicted octanol–water partition coefficient (Wildman–Crippen LogP) is 1.87. The van der Waals surface area contributed by atoms with Crippen LogP contribution in [0.2, 0.25) is 5.02 Å². The molecule has 0 bridgehead atoms. The molecule has 1 aromatic rings. The predicted molar refractivity (Wildman–Crippen MR) is 104 cm³/mol. The SMILES string of the molecule is CCCN(CC(=O)NC1CCN(C(C)=O)CC1)S(=O)(=O)c1ccc(Cl)cc1. The van der Waals surface area contributed by atoms with Gasteiger partial charge in [-0.2, -0.15) is 4.31 Å². The van der Waals surface area contributed by atoms with Gasteiger partial charge in [0.15, 0.2) is 0 Å². The quantitative estimate of drug-likeness (QED) is 0.736. The normalized spacial score (nSPS) is 15.8. The standard InChI is InChI=1S/C18H26ClN3O4S/c1-3-10-22(27(25,26)17-6-4-15(19)5-7-17)13-18(24)20-16-8-11-21(12-9-16)14(2)23/h4-7,16H,3,8-13H2,1-2H3,(H,20,24). The summed E-state index contributed by atoms with van der Waals surface area (Å²) in [7, 11) is -3.77. The monoisotopic (exact) mass is 415 g/mol. The summed E-state index contributed by atoms with van der Waals surface area (Å²) in [4.78, 5) is 25.7. The summed E-state index contributed by atoms with van der Waals surface area (Å²) in [6.45, 7) is 4.61. The lowest BCUT2D eigenvalue weighted by molar-refractivity contribution is -0.130. The molecule has 150 valence electrons. The minimum Gasteiger partial charge on any atom is -0.352 e. The molecular weight excluding hydrogens is 390 g/mol. The van der Waals surface area contributed by atoms with Crippen molar-refractivity contribution in [1.82, 2.24) is 14.5 Å². The van der Waals surface area contributed by atoms with Crippen LogP contribution < -0.4 is 5.32 Å². The van der Waals surface area contributed by atoms with Gasteiger partial charge in [-0.1, -0.05) is 18.5 Å². The zero-order valence-corrected chi connectivity index (χ0v) is 17.2. The molecule has 2 rings (SSSR count). The van der Waals surface area contributed by atoms with Gasteiger partial charge in [0.2, 0.25) is 21.8 Å². The smallest absolute Gasteiger partial charge is 0.243 e. The average molecular weight is 416 g/mol. The first-order valence-electron chi connectivity index (χ1n) is 9.04. The fourth-order valence-corrected chi connectivity index (χ4v) is 4.68. The molecule has 0 unspecified atom stereocenters. The molecule has 1 fully saturated rings. The van der Waals surface area contributed by atoms with Crippen molar-refractivity contribution in [3.05, 3.63) is 29.3 Å². The van der Waals surface area contributed by atoms with Crippen molar-refractivity contribution in [2.24, 2.45) is 0 Å². The number of rotatable bonds is 7. The second-order valence-corrected chi connectivity index (χ2v) is 9.01. The summed E-state index contributed by atoms with van der Waals surface area (Å²) in [5.74, 6) is -0.301. The number of piperidine rings is 1. The summed E-state index contributed by atoms with van der Waals surface area (Å²) >= 11 is 5.83. The number of benzene rings is 1. The molecule has 0 atom stereocenters. The van der Waals surface area contributed by atoms with E-state index in [0.29, 0.717) is 37.4 Å². The molecule has 1 aliphatic heterocycles. The third-order valence-corrected chi connectivity index (χ3v) is 6.66. The van der Waals surface area contributed by atoms with Crippen molar-refractivity contribution in [3.8, 4) is 0 Å². The van der Waals surface area contributed by atoms with Crippen molar-refractivity contribution < 1.29 is 18.0 Å². The number of sulfonamides is 1. The van der Waals surface area contributed by atoms with Crippen molar-refractivity contribution >= 4 is 33.4 Å². The van der Waals surface area contributed by atoms with Crippen LogP contribution in [0.25, 0.3) is 0 Å². The van der Waals surface area contributed by atoms with E-state index in [4.69, 9.17) is 11.6 Å². The summed E-state index contributed by atoms with van der Waals surface area (Å²) < 4.78 is 26.9. The van der Waals surface area contributed by atoms with Gasteiger partial charge in [0.05, 0.1) is 11.4 Å². The summed E-state index contributed by atoms with van der Waals surface area (Å²) in [5, 5.41) is 3.35. The molecule has 2 amide bonds. The molecule has 0 aromatic heterocycles. The highest BCUT2D eigenvalue weighted by molar-refractivity contribution is 7.89. The van der Waals surface area contributed by atoms with Gasteiger partial charge in [-0.3, -0.25) is 9.59 Å².